The molecule has 7 rings (SSSR count). The van der Waals surface area contributed by atoms with Gasteiger partial charge in [0.1, 0.15) is 34.6 Å². The maximum Gasteiger partial charge on any atom is 0.264 e. The summed E-state index contributed by atoms with van der Waals surface area (Å²) in [5.74, 6) is -2.84. The molecule has 4 amide bonds. The number of nitriles is 1. The Labute approximate surface area is 330 Å². The molecule has 3 N–H and O–H groups in total. The van der Waals surface area contributed by atoms with E-state index in [2.05, 4.69) is 21.9 Å². The van der Waals surface area contributed by atoms with Gasteiger partial charge in [-0.05, 0) is 43.5 Å². The highest BCUT2D eigenvalue weighted by molar-refractivity contribution is 7.90. The second-order valence-corrected chi connectivity index (χ2v) is 16.5. The van der Waals surface area contributed by atoms with Crippen LogP contribution in [0, 0.1) is 28.6 Å². The maximum absolute atomic E-state index is 14.4. The average Bonchev–Trinajstić information content (AvgIpc) is 4.14. The van der Waals surface area contributed by atoms with Crippen molar-refractivity contribution in [3.63, 3.8) is 0 Å². The molecule has 15 heteroatoms. The Bertz CT molecular complexity index is 2400. The van der Waals surface area contributed by atoms with E-state index in [1.807, 2.05) is 42.5 Å². The van der Waals surface area contributed by atoms with E-state index in [-0.39, 0.29) is 30.8 Å². The van der Waals surface area contributed by atoms with E-state index >= 15 is 0 Å². The molecule has 1 aromatic heterocycles. The largest absolute Gasteiger partial charge is 0.497 e. The van der Waals surface area contributed by atoms with Crippen LogP contribution in [0.2, 0.25) is 0 Å². The highest BCUT2D eigenvalue weighted by Gasteiger charge is 2.61. The van der Waals surface area contributed by atoms with Crippen molar-refractivity contribution in [3.05, 3.63) is 97.6 Å². The van der Waals surface area contributed by atoms with Crippen LogP contribution in [0.3, 0.4) is 0 Å². The van der Waals surface area contributed by atoms with Crippen LogP contribution in [0.4, 0.5) is 0 Å². The van der Waals surface area contributed by atoms with E-state index in [9.17, 15) is 32.9 Å². The quantitative estimate of drug-likeness (QED) is 0.158. The summed E-state index contributed by atoms with van der Waals surface area (Å²) in [5, 5.41) is 15.6. The zero-order valence-corrected chi connectivity index (χ0v) is 32.3. The Morgan fingerprint density at radius 2 is 1.74 bits per heavy atom. The van der Waals surface area contributed by atoms with Crippen molar-refractivity contribution in [1.82, 2.24) is 25.2 Å². The van der Waals surface area contributed by atoms with Crippen LogP contribution in [0.5, 0.6) is 11.5 Å². The first-order valence-electron chi connectivity index (χ1n) is 18.6. The van der Waals surface area contributed by atoms with Gasteiger partial charge in [0.2, 0.25) is 17.7 Å². The number of carbonyl (C=O) groups excluding carboxylic acids is 4. The summed E-state index contributed by atoms with van der Waals surface area (Å²) in [6.07, 6.45) is 1.77. The standard InChI is InChI=1S/C42H42N6O8S/c1-4-28-22-42(28,40(52)47-57(53,54)31-13-9-6-10-14-31)46-37(49)35-20-30(24-48(35)38(50)26(2)23-44-39(51)41(25-43)17-18-41)56-36-21-33(27-11-7-5-8-12-27)45-34-19-29(55-3)15-16-32(34)36/h4-16,19,21,26,28,30,35H,1,17-18,20,22-24H2,2-3H3,(H,44,51)(H,46,49)(H,47,52)/t26-,28+,30+,35-,42+/m0/s1. The van der Waals surface area contributed by atoms with Crippen LogP contribution in [0.15, 0.2) is 102 Å². The Morgan fingerprint density at radius 3 is 2.37 bits per heavy atom. The van der Waals surface area contributed by atoms with Gasteiger partial charge in [0.15, 0.2) is 0 Å². The molecule has 3 aromatic carbocycles. The number of carbonyl (C=O) groups is 4. The van der Waals surface area contributed by atoms with Gasteiger partial charge < -0.3 is 25.0 Å². The molecular weight excluding hydrogens is 749 g/mol. The van der Waals surface area contributed by atoms with Crippen LogP contribution in [-0.2, 0) is 29.2 Å². The lowest BCUT2D eigenvalue weighted by atomic mass is 10.1. The average molecular weight is 791 g/mol. The first kappa shape index (κ1) is 39.0. The van der Waals surface area contributed by atoms with Crippen LogP contribution in [-0.4, -0.2) is 79.8 Å². The molecule has 2 heterocycles. The number of sulfonamides is 1. The number of fused-ring (bicyclic) bond motifs is 1. The second-order valence-electron chi connectivity index (χ2n) is 14.8. The predicted octanol–water partition coefficient (Wildman–Crippen LogP) is 3.88. The first-order valence-corrected chi connectivity index (χ1v) is 20.1. The third-order valence-corrected chi connectivity index (χ3v) is 12.3. The highest BCUT2D eigenvalue weighted by atomic mass is 32.2. The number of nitrogens with zero attached hydrogens (tertiary/aromatic N) is 3. The number of pyridine rings is 1. The number of ether oxygens (including phenoxy) is 2. The predicted molar refractivity (Wildman–Crippen MR) is 209 cm³/mol. The van der Waals surface area contributed by atoms with E-state index in [4.69, 9.17) is 14.5 Å². The molecule has 2 aliphatic carbocycles. The smallest absolute Gasteiger partial charge is 0.264 e. The molecule has 0 spiro atoms. The Kier molecular flexibility index (Phi) is 10.5. The number of methoxy groups -OCH3 is 1. The number of amides is 4. The number of likely N-dealkylation sites (tertiary alicyclic amines) is 1. The maximum atomic E-state index is 14.4. The monoisotopic (exact) mass is 790 g/mol. The van der Waals surface area contributed by atoms with Crippen molar-refractivity contribution in [2.24, 2.45) is 17.3 Å². The number of benzene rings is 3. The molecule has 0 radical (unpaired) electrons. The van der Waals surface area contributed by atoms with E-state index in [1.54, 1.807) is 38.3 Å². The minimum absolute atomic E-state index is 0.0214. The number of rotatable bonds is 14. The molecule has 1 aliphatic heterocycles. The van der Waals surface area contributed by atoms with Crippen LogP contribution >= 0.6 is 0 Å². The first-order chi connectivity index (χ1) is 27.3. The fourth-order valence-corrected chi connectivity index (χ4v) is 8.28. The molecule has 3 aliphatic rings. The van der Waals surface area contributed by atoms with E-state index in [1.165, 1.54) is 35.2 Å². The van der Waals surface area contributed by atoms with Crippen molar-refractivity contribution in [2.45, 2.75) is 55.2 Å². The van der Waals surface area contributed by atoms with Crippen LogP contribution < -0.4 is 24.8 Å². The summed E-state index contributed by atoms with van der Waals surface area (Å²) in [5.41, 5.74) is -0.642. The van der Waals surface area contributed by atoms with E-state index in [0.29, 0.717) is 40.9 Å². The van der Waals surface area contributed by atoms with Gasteiger partial charge in [-0.1, -0.05) is 61.5 Å². The molecule has 14 nitrogen and oxygen atoms in total. The molecule has 3 fully saturated rings. The number of hydrogen-bond donors (Lipinski definition) is 3. The topological polar surface area (TPSA) is 197 Å². The van der Waals surface area contributed by atoms with Gasteiger partial charge in [-0.25, -0.2) is 18.1 Å². The summed E-state index contributed by atoms with van der Waals surface area (Å²) >= 11 is 0. The zero-order chi connectivity index (χ0) is 40.5. The molecule has 0 unspecified atom stereocenters. The van der Waals surface area contributed by atoms with Crippen LogP contribution in [0.25, 0.3) is 22.2 Å². The van der Waals surface area contributed by atoms with Gasteiger partial charge >= 0.3 is 0 Å². The Balaban J connectivity index is 1.17. The minimum Gasteiger partial charge on any atom is -0.497 e. The van der Waals surface area contributed by atoms with Crippen molar-refractivity contribution >= 4 is 44.6 Å². The minimum atomic E-state index is -4.27. The molecule has 1 saturated heterocycles. The molecule has 5 atom stereocenters. The highest BCUT2D eigenvalue weighted by Crippen LogP contribution is 2.46. The van der Waals surface area contributed by atoms with E-state index < -0.39 is 68.6 Å². The second kappa shape index (κ2) is 15.3. The summed E-state index contributed by atoms with van der Waals surface area (Å²) in [6.45, 7) is 5.30. The van der Waals surface area contributed by atoms with Crippen molar-refractivity contribution in [3.8, 4) is 28.8 Å². The van der Waals surface area contributed by atoms with Crippen molar-refractivity contribution in [1.29, 1.82) is 5.26 Å². The fourth-order valence-electron chi connectivity index (χ4n) is 7.22. The summed E-state index contributed by atoms with van der Waals surface area (Å²) in [6, 6.07) is 25.0. The third-order valence-electron chi connectivity index (χ3n) is 10.9. The van der Waals surface area contributed by atoms with Gasteiger partial charge in [0, 0.05) is 42.0 Å². The molecule has 4 aromatic rings. The van der Waals surface area contributed by atoms with E-state index in [0.717, 1.165) is 5.56 Å². The summed E-state index contributed by atoms with van der Waals surface area (Å²) in [4.78, 5) is 61.1. The Hall–Kier alpha value is -6.27. The zero-order valence-electron chi connectivity index (χ0n) is 31.4. The van der Waals surface area contributed by atoms with Gasteiger partial charge in [0.25, 0.3) is 15.9 Å². The molecular formula is C42H42N6O8S. The summed E-state index contributed by atoms with van der Waals surface area (Å²) in [7, 11) is -2.71. The lowest BCUT2D eigenvalue weighted by molar-refractivity contribution is -0.142. The molecule has 0 bridgehead atoms. The van der Waals surface area contributed by atoms with Gasteiger partial charge in [-0.2, -0.15) is 5.26 Å². The Morgan fingerprint density at radius 1 is 1.04 bits per heavy atom. The lowest BCUT2D eigenvalue weighted by Crippen LogP contribution is -2.57. The third kappa shape index (κ3) is 7.77. The normalized spacial score (nSPS) is 22.3. The van der Waals surface area contributed by atoms with Crippen LogP contribution in [0.1, 0.15) is 32.6 Å². The van der Waals surface area contributed by atoms with Gasteiger partial charge in [-0.15, -0.1) is 6.58 Å². The summed E-state index contributed by atoms with van der Waals surface area (Å²) < 4.78 is 40.5. The fraction of sp³-hybridized carbons (Fsp3) is 0.333. The number of nitrogens with one attached hydrogen (secondary N) is 3. The molecule has 294 valence electrons. The lowest BCUT2D eigenvalue weighted by Gasteiger charge is -2.28. The SMILES string of the molecule is C=C[C@@H]1C[C@]1(NC(=O)[C@@H]1C[C@@H](Oc2cc(-c3ccccc3)nc3cc(OC)ccc23)CN1C(=O)[C@@H](C)CNC(=O)C1(C#N)CC1)C(=O)NS(=O)(=O)c1ccccc1. The number of hydrogen-bond acceptors (Lipinski definition) is 10. The van der Waals surface area contributed by atoms with Gasteiger partial charge in [-0.3, -0.25) is 19.2 Å². The van der Waals surface area contributed by atoms with Gasteiger partial charge in [0.05, 0.1) is 41.7 Å². The number of aromatic nitrogens is 1. The molecule has 57 heavy (non-hydrogen) atoms. The van der Waals surface area contributed by atoms with Crippen molar-refractivity contribution in [2.75, 3.05) is 20.2 Å². The van der Waals surface area contributed by atoms with Crippen molar-refractivity contribution < 1.29 is 37.1 Å². The molecule has 2 saturated carbocycles.